The first-order chi connectivity index (χ1) is 16.2. The van der Waals surface area contributed by atoms with Crippen LogP contribution in [0.1, 0.15) is 31.1 Å². The normalized spacial score (nSPS) is 24.1. The van der Waals surface area contributed by atoms with E-state index in [1.165, 1.54) is 19.1 Å². The van der Waals surface area contributed by atoms with Gasteiger partial charge in [0.2, 0.25) is 10.0 Å². The van der Waals surface area contributed by atoms with Crippen LogP contribution >= 0.6 is 34.8 Å². The van der Waals surface area contributed by atoms with Crippen LogP contribution in [0.25, 0.3) is 0 Å². The third-order valence-corrected chi connectivity index (χ3v) is 8.35. The van der Waals surface area contributed by atoms with E-state index in [2.05, 4.69) is 5.32 Å². The Labute approximate surface area is 219 Å². The smallest absolute Gasteiger partial charge is 0.272 e. The predicted molar refractivity (Wildman–Crippen MR) is 134 cm³/mol. The number of carbonyl (C=O) groups is 1. The topological polar surface area (TPSA) is 116 Å². The number of aryl methyl sites for hydroxylation is 1. The van der Waals surface area contributed by atoms with Crippen LogP contribution in [0.4, 0.5) is 0 Å². The van der Waals surface area contributed by atoms with Gasteiger partial charge >= 0.3 is 0 Å². The first kappa shape index (κ1) is 28.1. The van der Waals surface area contributed by atoms with Crippen LogP contribution in [0.5, 0.6) is 0 Å². The van der Waals surface area contributed by atoms with Crippen molar-refractivity contribution in [2.45, 2.75) is 66.1 Å². The van der Waals surface area contributed by atoms with Crippen LogP contribution in [0.3, 0.4) is 0 Å². The second kappa shape index (κ2) is 10.9. The summed E-state index contributed by atoms with van der Waals surface area (Å²) in [6.07, 6.45) is -5.61. The number of amides is 1. The third-order valence-electron chi connectivity index (χ3n) is 5.87. The van der Waals surface area contributed by atoms with Gasteiger partial charge in [-0.1, -0.05) is 82.8 Å². The Balaban J connectivity index is 1.97. The number of halogens is 3. The molecule has 2 aromatic rings. The molecule has 1 amide bonds. The van der Waals surface area contributed by atoms with Crippen molar-refractivity contribution >= 4 is 50.7 Å². The minimum atomic E-state index is -4.16. The Morgan fingerprint density at radius 2 is 1.66 bits per heavy atom. The van der Waals surface area contributed by atoms with E-state index in [1.807, 2.05) is 13.0 Å². The lowest BCUT2D eigenvalue weighted by molar-refractivity contribution is -0.128. The van der Waals surface area contributed by atoms with Crippen LogP contribution in [0.15, 0.2) is 59.5 Å². The fourth-order valence-corrected chi connectivity index (χ4v) is 5.83. The van der Waals surface area contributed by atoms with Crippen molar-refractivity contribution in [1.82, 2.24) is 9.62 Å². The maximum atomic E-state index is 13.7. The van der Waals surface area contributed by atoms with Gasteiger partial charge in [-0.3, -0.25) is 4.79 Å². The van der Waals surface area contributed by atoms with Crippen molar-refractivity contribution in [3.8, 4) is 0 Å². The van der Waals surface area contributed by atoms with Crippen LogP contribution in [-0.2, 0) is 19.6 Å². The molecular weight excluding hydrogens is 539 g/mol. The average molecular weight is 566 g/mol. The minimum Gasteiger partial charge on any atom is -0.388 e. The van der Waals surface area contributed by atoms with Crippen LogP contribution in [0.2, 0.25) is 0 Å². The number of aliphatic hydroxyl groups is 2. The lowest BCUT2D eigenvalue weighted by Crippen LogP contribution is -2.56. The molecule has 0 radical (unpaired) electrons. The molecule has 12 heteroatoms. The zero-order chi connectivity index (χ0) is 26.1. The second-order valence-electron chi connectivity index (χ2n) is 8.49. The van der Waals surface area contributed by atoms with Crippen molar-refractivity contribution < 1.29 is 28.2 Å². The van der Waals surface area contributed by atoms with Crippen molar-refractivity contribution in [1.29, 1.82) is 0 Å². The summed E-state index contributed by atoms with van der Waals surface area (Å²) < 4.78 is 32.2. The zero-order valence-electron chi connectivity index (χ0n) is 19.2. The molecule has 1 aliphatic heterocycles. The molecule has 0 bridgehead atoms. The molecule has 8 nitrogen and oxygen atoms in total. The number of ether oxygens (including phenoxy) is 1. The van der Waals surface area contributed by atoms with E-state index in [1.54, 1.807) is 43.3 Å². The summed E-state index contributed by atoms with van der Waals surface area (Å²) in [6, 6.07) is 13.4. The molecule has 0 aliphatic carbocycles. The summed E-state index contributed by atoms with van der Waals surface area (Å²) in [5.41, 5.74) is 1.58. The van der Waals surface area contributed by atoms with E-state index in [-0.39, 0.29) is 4.90 Å². The van der Waals surface area contributed by atoms with Crippen molar-refractivity contribution in [2.24, 2.45) is 0 Å². The lowest BCUT2D eigenvalue weighted by atomic mass is 10.0. The summed E-state index contributed by atoms with van der Waals surface area (Å²) in [5, 5.41) is 24.2. The van der Waals surface area contributed by atoms with Gasteiger partial charge in [0.05, 0.1) is 17.0 Å². The minimum absolute atomic E-state index is 0.0107. The molecule has 0 spiro atoms. The first-order valence-electron chi connectivity index (χ1n) is 10.8. The van der Waals surface area contributed by atoms with Gasteiger partial charge in [0, 0.05) is 0 Å². The highest BCUT2D eigenvalue weighted by Gasteiger charge is 2.52. The summed E-state index contributed by atoms with van der Waals surface area (Å²) in [7, 11) is -4.16. The van der Waals surface area contributed by atoms with Crippen LogP contribution < -0.4 is 5.32 Å². The summed E-state index contributed by atoms with van der Waals surface area (Å²) >= 11 is 16.7. The number of hydrogen-bond acceptors (Lipinski definition) is 6. The number of nitrogens with zero attached hydrogens (tertiary/aromatic N) is 1. The average Bonchev–Trinajstić information content (AvgIpc) is 3.16. The van der Waals surface area contributed by atoms with Crippen molar-refractivity contribution in [3.63, 3.8) is 0 Å². The molecule has 6 atom stereocenters. The van der Waals surface area contributed by atoms with Gasteiger partial charge in [0.25, 0.3) is 9.70 Å². The molecule has 2 aromatic carbocycles. The largest absolute Gasteiger partial charge is 0.388 e. The molecule has 1 aliphatic rings. The van der Waals surface area contributed by atoms with Crippen molar-refractivity contribution in [3.05, 3.63) is 65.7 Å². The van der Waals surface area contributed by atoms with Gasteiger partial charge in [-0.05, 0) is 38.5 Å². The van der Waals surface area contributed by atoms with Gasteiger partial charge in [-0.2, -0.15) is 4.31 Å². The zero-order valence-corrected chi connectivity index (χ0v) is 22.3. The quantitative estimate of drug-likeness (QED) is 0.445. The second-order valence-corrected chi connectivity index (χ2v) is 12.6. The Morgan fingerprint density at radius 1 is 1.09 bits per heavy atom. The van der Waals surface area contributed by atoms with Gasteiger partial charge < -0.3 is 20.3 Å². The molecule has 3 rings (SSSR count). The first-order valence-corrected chi connectivity index (χ1v) is 13.4. The highest BCUT2D eigenvalue weighted by Crippen LogP contribution is 2.40. The number of sulfonamides is 1. The molecule has 3 N–H and O–H groups in total. The number of hydrogen-bond donors (Lipinski definition) is 3. The third kappa shape index (κ3) is 6.11. The molecule has 0 saturated carbocycles. The van der Waals surface area contributed by atoms with E-state index >= 15 is 0 Å². The number of nitrogens with one attached hydrogen (secondary N) is 1. The predicted octanol–water partition coefficient (Wildman–Crippen LogP) is 3.07. The van der Waals surface area contributed by atoms with E-state index < -0.39 is 56.3 Å². The standard InChI is InChI=1S/C23H27Cl3N2O6S/c1-13-9-11-17(12-10-13)35(32,33)28-15(3)20(16-7-5-4-6-8-16)34-21(28)19(30)18(29)14(2)27-22(31)23(24,25)26/h4-12,14-15,18-21,29-30H,1-3H3,(H,27,31)/t14-,15+,18+,19-,20+,21-/m1/s1. The Bertz CT molecular complexity index is 1130. The highest BCUT2D eigenvalue weighted by molar-refractivity contribution is 7.89. The number of aliphatic hydroxyl groups excluding tert-OH is 2. The molecule has 192 valence electrons. The van der Waals surface area contributed by atoms with Crippen LogP contribution in [0, 0.1) is 6.92 Å². The number of alkyl halides is 3. The Morgan fingerprint density at radius 3 is 2.20 bits per heavy atom. The monoisotopic (exact) mass is 564 g/mol. The van der Waals surface area contributed by atoms with Crippen molar-refractivity contribution in [2.75, 3.05) is 0 Å². The summed E-state index contributed by atoms with van der Waals surface area (Å²) in [4.78, 5) is 12.0. The lowest BCUT2D eigenvalue weighted by Gasteiger charge is -2.33. The van der Waals surface area contributed by atoms with Gasteiger partial charge in [0.1, 0.15) is 18.3 Å². The Hall–Kier alpha value is -1.43. The summed E-state index contributed by atoms with van der Waals surface area (Å²) in [6.45, 7) is 4.88. The number of rotatable bonds is 7. The molecule has 0 aromatic heterocycles. The summed E-state index contributed by atoms with van der Waals surface area (Å²) in [5.74, 6) is -1.01. The van der Waals surface area contributed by atoms with E-state index in [0.717, 1.165) is 9.87 Å². The maximum Gasteiger partial charge on any atom is 0.272 e. The van der Waals surface area contributed by atoms with E-state index in [0.29, 0.717) is 5.56 Å². The fourth-order valence-electron chi connectivity index (χ4n) is 3.95. The molecule has 1 heterocycles. The molecule has 1 saturated heterocycles. The number of carbonyl (C=O) groups excluding carboxylic acids is 1. The molecule has 0 unspecified atom stereocenters. The maximum absolute atomic E-state index is 13.7. The Kier molecular flexibility index (Phi) is 8.77. The molecule has 1 fully saturated rings. The highest BCUT2D eigenvalue weighted by atomic mass is 35.6. The van der Waals surface area contributed by atoms with E-state index in [9.17, 15) is 23.4 Å². The van der Waals surface area contributed by atoms with Gasteiger partial charge in [0.15, 0.2) is 6.23 Å². The molecular formula is C23H27Cl3N2O6S. The van der Waals surface area contributed by atoms with Crippen LogP contribution in [-0.4, -0.2) is 63.2 Å². The molecule has 35 heavy (non-hydrogen) atoms. The van der Waals surface area contributed by atoms with E-state index in [4.69, 9.17) is 39.5 Å². The van der Waals surface area contributed by atoms with Gasteiger partial charge in [-0.25, -0.2) is 8.42 Å². The fraction of sp³-hybridized carbons (Fsp3) is 0.435. The number of benzene rings is 2. The van der Waals surface area contributed by atoms with Gasteiger partial charge in [-0.15, -0.1) is 0 Å². The SMILES string of the molecule is Cc1ccc(S(=O)(=O)N2[C@@H]([C@H](O)[C@@H](O)[C@@H](C)NC(=O)C(Cl)(Cl)Cl)O[C@H](c3ccccc3)[C@@H]2C)cc1.